The Morgan fingerprint density at radius 1 is 1.12 bits per heavy atom. The van der Waals surface area contributed by atoms with Crippen LogP contribution in [0.2, 0.25) is 0 Å². The molecule has 1 aromatic heterocycles. The van der Waals surface area contributed by atoms with Gasteiger partial charge in [0.2, 0.25) is 0 Å². The van der Waals surface area contributed by atoms with E-state index in [2.05, 4.69) is 26.2 Å². The Kier molecular flexibility index (Phi) is 4.53. The van der Waals surface area contributed by atoms with Crippen LogP contribution in [0.25, 0.3) is 10.9 Å². The number of benzene rings is 2. The predicted octanol–water partition coefficient (Wildman–Crippen LogP) is 4.88. The Morgan fingerprint density at radius 2 is 1.92 bits per heavy atom. The molecule has 0 aliphatic heterocycles. The molecule has 3 aromatic rings. The zero-order valence-electron chi connectivity index (χ0n) is 13.7. The van der Waals surface area contributed by atoms with Crippen LogP contribution in [0.3, 0.4) is 0 Å². The number of pyridine rings is 1. The van der Waals surface area contributed by atoms with Gasteiger partial charge < -0.3 is 10.1 Å². The molecule has 3 rings (SSSR count). The highest BCUT2D eigenvalue weighted by atomic mass is 79.9. The molecule has 0 radical (unpaired) electrons. The third kappa shape index (κ3) is 3.26. The topological polar surface area (TPSA) is 51.2 Å². The zero-order chi connectivity index (χ0) is 17.3. The van der Waals surface area contributed by atoms with Gasteiger partial charge in [0.05, 0.1) is 18.3 Å². The van der Waals surface area contributed by atoms with Crippen LogP contribution in [0.15, 0.2) is 46.9 Å². The van der Waals surface area contributed by atoms with Crippen LogP contribution in [0.1, 0.15) is 21.6 Å². The molecular weight excluding hydrogens is 368 g/mol. The Morgan fingerprint density at radius 3 is 2.67 bits per heavy atom. The van der Waals surface area contributed by atoms with Gasteiger partial charge in [-0.25, -0.2) is 0 Å². The lowest BCUT2D eigenvalue weighted by Gasteiger charge is -2.11. The molecule has 0 aliphatic carbocycles. The van der Waals surface area contributed by atoms with Crippen LogP contribution in [0.4, 0.5) is 5.69 Å². The second kappa shape index (κ2) is 6.61. The molecule has 0 fully saturated rings. The van der Waals surface area contributed by atoms with Gasteiger partial charge in [-0.3, -0.25) is 9.78 Å². The van der Waals surface area contributed by atoms with Crippen LogP contribution in [0, 0.1) is 13.8 Å². The van der Waals surface area contributed by atoms with E-state index in [0.717, 1.165) is 32.3 Å². The zero-order valence-corrected chi connectivity index (χ0v) is 15.3. The van der Waals surface area contributed by atoms with Gasteiger partial charge in [0, 0.05) is 21.1 Å². The molecule has 1 N–H and O–H groups in total. The fourth-order valence-corrected chi connectivity index (χ4v) is 2.95. The Labute approximate surface area is 149 Å². The van der Waals surface area contributed by atoms with E-state index in [0.29, 0.717) is 11.3 Å². The lowest BCUT2D eigenvalue weighted by Crippen LogP contribution is -2.13. The maximum Gasteiger partial charge on any atom is 0.255 e. The maximum absolute atomic E-state index is 12.6. The number of aromatic nitrogens is 1. The number of carbonyl (C=O) groups is 1. The summed E-state index contributed by atoms with van der Waals surface area (Å²) in [5.41, 5.74) is 3.97. The van der Waals surface area contributed by atoms with Gasteiger partial charge >= 0.3 is 0 Å². The first-order valence-corrected chi connectivity index (χ1v) is 8.30. The summed E-state index contributed by atoms with van der Waals surface area (Å²) in [5.74, 6) is 0.515. The van der Waals surface area contributed by atoms with Crippen molar-refractivity contribution in [2.24, 2.45) is 0 Å². The van der Waals surface area contributed by atoms with Crippen molar-refractivity contribution in [3.63, 3.8) is 0 Å². The monoisotopic (exact) mass is 384 g/mol. The van der Waals surface area contributed by atoms with Gasteiger partial charge in [-0.1, -0.05) is 22.0 Å². The molecule has 0 saturated heterocycles. The van der Waals surface area contributed by atoms with E-state index in [1.165, 1.54) is 0 Å². The minimum atomic E-state index is -0.180. The summed E-state index contributed by atoms with van der Waals surface area (Å²) in [6.45, 7) is 3.85. The van der Waals surface area contributed by atoms with Gasteiger partial charge in [-0.05, 0) is 55.8 Å². The molecule has 0 saturated carbocycles. The molecule has 24 heavy (non-hydrogen) atoms. The van der Waals surface area contributed by atoms with E-state index >= 15 is 0 Å². The van der Waals surface area contributed by atoms with Gasteiger partial charge in [-0.15, -0.1) is 0 Å². The standard InChI is InChI=1S/C19H17BrN2O2/c1-11-4-5-13(9-18(11)24-3)19(23)22-17-8-12(2)21-16-7-6-14(20)10-15(16)17/h4-10H,1-3H3,(H,21,22,23). The van der Waals surface area contributed by atoms with E-state index in [4.69, 9.17) is 4.74 Å². The third-order valence-electron chi connectivity index (χ3n) is 3.82. The maximum atomic E-state index is 12.6. The lowest BCUT2D eigenvalue weighted by atomic mass is 10.1. The molecule has 0 spiro atoms. The lowest BCUT2D eigenvalue weighted by molar-refractivity contribution is 0.102. The first kappa shape index (κ1) is 16.5. The summed E-state index contributed by atoms with van der Waals surface area (Å²) >= 11 is 3.47. The van der Waals surface area contributed by atoms with Crippen LogP contribution in [0.5, 0.6) is 5.75 Å². The minimum Gasteiger partial charge on any atom is -0.496 e. The highest BCUT2D eigenvalue weighted by Crippen LogP contribution is 2.27. The highest BCUT2D eigenvalue weighted by Gasteiger charge is 2.12. The quantitative estimate of drug-likeness (QED) is 0.700. The number of halogens is 1. The highest BCUT2D eigenvalue weighted by molar-refractivity contribution is 9.10. The Balaban J connectivity index is 2.00. The van der Waals surface area contributed by atoms with Crippen LogP contribution in [-0.4, -0.2) is 18.0 Å². The molecular formula is C19H17BrN2O2. The normalized spacial score (nSPS) is 10.7. The summed E-state index contributed by atoms with van der Waals surface area (Å²) in [6.07, 6.45) is 0. The Hall–Kier alpha value is -2.40. The van der Waals surface area contributed by atoms with Gasteiger partial charge in [0.1, 0.15) is 5.75 Å². The van der Waals surface area contributed by atoms with E-state index < -0.39 is 0 Å². The average molecular weight is 385 g/mol. The number of nitrogens with zero attached hydrogens (tertiary/aromatic N) is 1. The molecule has 4 nitrogen and oxygen atoms in total. The second-order valence-corrected chi connectivity index (χ2v) is 6.53. The van der Waals surface area contributed by atoms with Crippen LogP contribution < -0.4 is 10.1 Å². The van der Waals surface area contributed by atoms with Crippen molar-refractivity contribution in [2.75, 3.05) is 12.4 Å². The molecule has 5 heteroatoms. The van der Waals surface area contributed by atoms with Crippen molar-refractivity contribution in [2.45, 2.75) is 13.8 Å². The van der Waals surface area contributed by atoms with E-state index in [9.17, 15) is 4.79 Å². The van der Waals surface area contributed by atoms with Crippen molar-refractivity contribution in [3.05, 3.63) is 63.8 Å². The average Bonchev–Trinajstić information content (AvgIpc) is 2.55. The molecule has 2 aromatic carbocycles. The number of rotatable bonds is 3. The summed E-state index contributed by atoms with van der Waals surface area (Å²) in [6, 6.07) is 13.1. The number of fused-ring (bicyclic) bond motifs is 1. The Bertz CT molecular complexity index is 938. The van der Waals surface area contributed by atoms with Crippen molar-refractivity contribution < 1.29 is 9.53 Å². The number of aryl methyl sites for hydroxylation is 2. The SMILES string of the molecule is COc1cc(C(=O)Nc2cc(C)nc3ccc(Br)cc23)ccc1C. The number of nitrogens with one attached hydrogen (secondary N) is 1. The van der Waals surface area contributed by atoms with Crippen molar-refractivity contribution in [3.8, 4) is 5.75 Å². The van der Waals surface area contributed by atoms with Gasteiger partial charge in [0.25, 0.3) is 5.91 Å². The summed E-state index contributed by atoms with van der Waals surface area (Å²) in [4.78, 5) is 17.1. The fraction of sp³-hybridized carbons (Fsp3) is 0.158. The van der Waals surface area contributed by atoms with E-state index in [1.807, 2.05) is 44.2 Å². The van der Waals surface area contributed by atoms with Crippen molar-refractivity contribution in [1.29, 1.82) is 0 Å². The van der Waals surface area contributed by atoms with E-state index in [-0.39, 0.29) is 5.91 Å². The summed E-state index contributed by atoms with van der Waals surface area (Å²) in [7, 11) is 1.60. The summed E-state index contributed by atoms with van der Waals surface area (Å²) < 4.78 is 6.23. The first-order chi connectivity index (χ1) is 11.5. The number of ether oxygens (including phenoxy) is 1. The molecule has 0 bridgehead atoms. The van der Waals surface area contributed by atoms with Gasteiger partial charge in [0.15, 0.2) is 0 Å². The number of anilines is 1. The number of carbonyl (C=O) groups excluding carboxylic acids is 1. The number of methoxy groups -OCH3 is 1. The predicted molar refractivity (Wildman–Crippen MR) is 99.9 cm³/mol. The fourth-order valence-electron chi connectivity index (χ4n) is 2.59. The van der Waals surface area contributed by atoms with Crippen LogP contribution in [-0.2, 0) is 0 Å². The largest absolute Gasteiger partial charge is 0.496 e. The van der Waals surface area contributed by atoms with E-state index in [1.54, 1.807) is 19.2 Å². The van der Waals surface area contributed by atoms with Crippen molar-refractivity contribution in [1.82, 2.24) is 4.98 Å². The second-order valence-electron chi connectivity index (χ2n) is 5.61. The first-order valence-electron chi connectivity index (χ1n) is 7.51. The molecule has 0 unspecified atom stereocenters. The molecule has 0 atom stereocenters. The summed E-state index contributed by atoms with van der Waals surface area (Å²) in [5, 5.41) is 3.88. The number of hydrogen-bond donors (Lipinski definition) is 1. The van der Waals surface area contributed by atoms with Crippen molar-refractivity contribution >= 4 is 38.4 Å². The number of hydrogen-bond acceptors (Lipinski definition) is 3. The molecule has 1 amide bonds. The third-order valence-corrected chi connectivity index (χ3v) is 4.31. The smallest absolute Gasteiger partial charge is 0.255 e. The molecule has 1 heterocycles. The number of amides is 1. The molecule has 122 valence electrons. The van der Waals surface area contributed by atoms with Crippen LogP contribution >= 0.6 is 15.9 Å². The molecule has 0 aliphatic rings. The van der Waals surface area contributed by atoms with Gasteiger partial charge in [-0.2, -0.15) is 0 Å². The minimum absolute atomic E-state index is 0.180.